The fraction of sp³-hybridized carbons (Fsp3) is 0.692. The maximum Gasteiger partial charge on any atom is 0.304 e. The number of Topliss-reactive ketones (excluding diaryl/α,β-unsaturated/α-hetero) is 1. The minimum Gasteiger partial charge on any atom is -0.472 e. The molecule has 0 radical (unpaired) electrons. The van der Waals surface area contributed by atoms with Crippen LogP contribution in [0.3, 0.4) is 0 Å². The number of ketones is 1. The van der Waals surface area contributed by atoms with Crippen LogP contribution in [0.4, 0.5) is 0 Å². The monoisotopic (exact) mass is 504 g/mol. The van der Waals surface area contributed by atoms with Gasteiger partial charge in [-0.1, -0.05) is 6.92 Å². The second kappa shape index (κ2) is 8.69. The van der Waals surface area contributed by atoms with Crippen LogP contribution in [-0.2, 0) is 42.9 Å². The molecule has 8 atom stereocenters. The summed E-state index contributed by atoms with van der Waals surface area (Å²) < 4.78 is 34.7. The molecule has 2 bridgehead atoms. The smallest absolute Gasteiger partial charge is 0.304 e. The van der Waals surface area contributed by atoms with Crippen molar-refractivity contribution in [3.63, 3.8) is 0 Å². The number of rotatable bonds is 6. The molecule has 36 heavy (non-hydrogen) atoms. The maximum absolute atomic E-state index is 13.9. The largest absolute Gasteiger partial charge is 0.472 e. The predicted molar refractivity (Wildman–Crippen MR) is 120 cm³/mol. The van der Waals surface area contributed by atoms with Gasteiger partial charge in [-0.2, -0.15) is 0 Å². The third-order valence-electron chi connectivity index (χ3n) is 8.84. The van der Waals surface area contributed by atoms with Gasteiger partial charge in [0.05, 0.1) is 31.2 Å². The third-order valence-corrected chi connectivity index (χ3v) is 8.84. The lowest BCUT2D eigenvalue weighted by atomic mass is 9.41. The minimum atomic E-state index is -1.08. The normalized spacial score (nSPS) is 39.6. The van der Waals surface area contributed by atoms with E-state index in [1.54, 1.807) is 6.07 Å². The highest BCUT2D eigenvalue weighted by Crippen LogP contribution is 2.71. The van der Waals surface area contributed by atoms with Gasteiger partial charge in [0.25, 0.3) is 0 Å². The summed E-state index contributed by atoms with van der Waals surface area (Å²) in [5.41, 5.74) is -2.29. The molecule has 2 saturated carbocycles. The maximum atomic E-state index is 13.9. The number of esters is 3. The van der Waals surface area contributed by atoms with E-state index in [9.17, 15) is 19.2 Å². The van der Waals surface area contributed by atoms with Crippen molar-refractivity contribution in [3.8, 4) is 0 Å². The summed E-state index contributed by atoms with van der Waals surface area (Å²) in [6.45, 7) is 6.21. The van der Waals surface area contributed by atoms with E-state index in [1.165, 1.54) is 33.3 Å². The van der Waals surface area contributed by atoms with Crippen molar-refractivity contribution < 1.29 is 47.3 Å². The molecule has 2 saturated heterocycles. The Kier molecular flexibility index (Phi) is 6.02. The van der Waals surface area contributed by atoms with E-state index < -0.39 is 52.8 Å². The molecule has 5 rings (SSSR count). The van der Waals surface area contributed by atoms with Crippen LogP contribution in [0, 0.1) is 22.7 Å². The Balaban J connectivity index is 1.63. The molecule has 1 aromatic rings. The highest BCUT2D eigenvalue weighted by molar-refractivity contribution is 5.89. The van der Waals surface area contributed by atoms with Crippen molar-refractivity contribution in [1.82, 2.24) is 0 Å². The molecule has 2 aliphatic heterocycles. The van der Waals surface area contributed by atoms with Crippen LogP contribution in [-0.4, -0.2) is 54.9 Å². The summed E-state index contributed by atoms with van der Waals surface area (Å²) in [7, 11) is 0. The first-order valence-electron chi connectivity index (χ1n) is 12.4. The lowest BCUT2D eigenvalue weighted by Crippen LogP contribution is -2.74. The number of furan rings is 1. The van der Waals surface area contributed by atoms with E-state index in [0.717, 1.165) is 0 Å². The Morgan fingerprint density at radius 2 is 1.81 bits per heavy atom. The highest BCUT2D eigenvalue weighted by Gasteiger charge is 2.81. The zero-order valence-electron chi connectivity index (χ0n) is 20.9. The molecule has 2 aliphatic carbocycles. The van der Waals surface area contributed by atoms with E-state index in [4.69, 9.17) is 28.1 Å². The first kappa shape index (κ1) is 25.0. The summed E-state index contributed by atoms with van der Waals surface area (Å²) in [5.74, 6) is -1.99. The predicted octanol–water partition coefficient (Wildman–Crippen LogP) is 2.89. The summed E-state index contributed by atoms with van der Waals surface area (Å²) >= 11 is 0. The molecular weight excluding hydrogens is 472 g/mol. The van der Waals surface area contributed by atoms with Gasteiger partial charge in [0, 0.05) is 44.6 Å². The fourth-order valence-electron chi connectivity index (χ4n) is 7.41. The molecule has 4 fully saturated rings. The van der Waals surface area contributed by atoms with Crippen molar-refractivity contribution in [2.75, 3.05) is 13.2 Å². The molecule has 3 heterocycles. The number of hydrogen-bond acceptors (Lipinski definition) is 10. The van der Waals surface area contributed by atoms with Crippen LogP contribution >= 0.6 is 0 Å². The minimum absolute atomic E-state index is 0.00130. The van der Waals surface area contributed by atoms with Gasteiger partial charge >= 0.3 is 17.9 Å². The lowest BCUT2D eigenvalue weighted by molar-refractivity contribution is -0.324. The van der Waals surface area contributed by atoms with Gasteiger partial charge in [0.2, 0.25) is 6.29 Å². The summed E-state index contributed by atoms with van der Waals surface area (Å²) in [6, 6.07) is 1.73. The van der Waals surface area contributed by atoms with E-state index in [1.807, 2.05) is 6.92 Å². The number of carbonyl (C=O) groups excluding carboxylic acids is 4. The number of carbonyl (C=O) groups is 4. The molecular formula is C26H32O10. The number of ether oxygens (including phenoxy) is 5. The van der Waals surface area contributed by atoms with Gasteiger partial charge in [-0.25, -0.2) is 0 Å². The number of epoxide rings is 1. The summed E-state index contributed by atoms with van der Waals surface area (Å²) in [5, 5.41) is 0. The van der Waals surface area contributed by atoms with Crippen molar-refractivity contribution >= 4 is 23.7 Å². The van der Waals surface area contributed by atoms with E-state index in [-0.39, 0.29) is 43.7 Å². The van der Waals surface area contributed by atoms with E-state index in [0.29, 0.717) is 18.4 Å². The Morgan fingerprint density at radius 3 is 2.39 bits per heavy atom. The van der Waals surface area contributed by atoms with Crippen molar-refractivity contribution in [3.05, 3.63) is 24.2 Å². The first-order chi connectivity index (χ1) is 17.1. The van der Waals surface area contributed by atoms with Crippen LogP contribution in [0.15, 0.2) is 23.0 Å². The molecule has 1 aromatic heterocycles. The molecule has 1 spiro atoms. The summed E-state index contributed by atoms with van der Waals surface area (Å²) in [4.78, 5) is 50.1. The zero-order chi connectivity index (χ0) is 25.9. The van der Waals surface area contributed by atoms with Crippen LogP contribution in [0.1, 0.15) is 65.0 Å². The standard InChI is InChI=1S/C26H32O10/c1-14-9-21(30)25-12-32-23(36-17(4)29)24(14,10-19(34-15(2)27)18-7-8-31-11-18)20(25)5-6-22(35-16(3)28)26(25)13-33-26/h7-8,11,14,19-20,22-23H,5-6,9-10,12-13H2,1-4H3/t14-,19+,20-,22+,23-,24-,25+,26-/m1/s1. The molecule has 0 unspecified atom stereocenters. The van der Waals surface area contributed by atoms with Gasteiger partial charge in [0.1, 0.15) is 23.6 Å². The van der Waals surface area contributed by atoms with Gasteiger partial charge in [-0.05, 0) is 30.7 Å². The zero-order valence-corrected chi connectivity index (χ0v) is 20.9. The molecule has 4 aliphatic rings. The Hall–Kier alpha value is -2.72. The van der Waals surface area contributed by atoms with Crippen molar-refractivity contribution in [1.29, 1.82) is 0 Å². The Morgan fingerprint density at radius 1 is 1.08 bits per heavy atom. The molecule has 10 heteroatoms. The first-order valence-corrected chi connectivity index (χ1v) is 12.4. The van der Waals surface area contributed by atoms with Crippen LogP contribution in [0.25, 0.3) is 0 Å². The molecule has 0 aromatic carbocycles. The molecule has 196 valence electrons. The third kappa shape index (κ3) is 3.52. The summed E-state index contributed by atoms with van der Waals surface area (Å²) in [6.07, 6.45) is 2.24. The van der Waals surface area contributed by atoms with E-state index >= 15 is 0 Å². The number of hydrogen-bond donors (Lipinski definition) is 0. The fourth-order valence-corrected chi connectivity index (χ4v) is 7.41. The topological polar surface area (TPSA) is 131 Å². The Bertz CT molecular complexity index is 1060. The van der Waals surface area contributed by atoms with Crippen molar-refractivity contribution in [2.24, 2.45) is 22.7 Å². The lowest BCUT2D eigenvalue weighted by Gasteiger charge is -2.66. The van der Waals surface area contributed by atoms with Gasteiger partial charge in [-0.15, -0.1) is 0 Å². The highest BCUT2D eigenvalue weighted by atomic mass is 16.7. The SMILES string of the molecule is CC(=O)O[C@H]1OC[C@@]23C(=O)C[C@@H](C)[C@]1(C[C@H](OC(C)=O)c1ccoc1)[C@H]2CC[C@H](OC(C)=O)[C@]31CO1. The molecule has 10 nitrogen and oxygen atoms in total. The van der Waals surface area contributed by atoms with Gasteiger partial charge < -0.3 is 28.1 Å². The van der Waals surface area contributed by atoms with Crippen molar-refractivity contribution in [2.45, 2.75) is 77.5 Å². The molecule has 0 amide bonds. The van der Waals surface area contributed by atoms with Gasteiger partial charge in [-0.3, -0.25) is 19.2 Å². The quantitative estimate of drug-likeness (QED) is 0.324. The van der Waals surface area contributed by atoms with Crippen LogP contribution < -0.4 is 0 Å². The second-order valence-corrected chi connectivity index (χ2v) is 10.6. The van der Waals surface area contributed by atoms with Crippen LogP contribution in [0.2, 0.25) is 0 Å². The van der Waals surface area contributed by atoms with Gasteiger partial charge in [0.15, 0.2) is 0 Å². The Labute approximate surface area is 208 Å². The molecule has 0 N–H and O–H groups in total. The average Bonchev–Trinajstić information content (AvgIpc) is 3.39. The average molecular weight is 505 g/mol. The van der Waals surface area contributed by atoms with E-state index in [2.05, 4.69) is 0 Å². The van der Waals surface area contributed by atoms with Crippen LogP contribution in [0.5, 0.6) is 0 Å². The second-order valence-electron chi connectivity index (χ2n) is 10.6.